The molecule has 1 N–H and O–H groups in total. The molecular formula is C14H17N3O4. The van der Waals surface area contributed by atoms with Crippen molar-refractivity contribution in [3.05, 3.63) is 39.9 Å². The van der Waals surface area contributed by atoms with Crippen molar-refractivity contribution in [2.24, 2.45) is 0 Å². The maximum atomic E-state index is 12.5. The van der Waals surface area contributed by atoms with Gasteiger partial charge in [0.1, 0.15) is 6.04 Å². The smallest absolute Gasteiger partial charge is 0.269 e. The van der Waals surface area contributed by atoms with Crippen LogP contribution in [0.4, 0.5) is 5.69 Å². The monoisotopic (exact) mass is 291 g/mol. The molecule has 0 aromatic heterocycles. The molecule has 1 aromatic rings. The topological polar surface area (TPSA) is 92.6 Å². The summed E-state index contributed by atoms with van der Waals surface area (Å²) in [7, 11) is 0. The van der Waals surface area contributed by atoms with Crippen molar-refractivity contribution in [2.75, 3.05) is 13.1 Å². The lowest BCUT2D eigenvalue weighted by Gasteiger charge is -2.34. The molecule has 0 saturated carbocycles. The van der Waals surface area contributed by atoms with Crippen LogP contribution in [0.25, 0.3) is 0 Å². The van der Waals surface area contributed by atoms with Gasteiger partial charge < -0.3 is 10.2 Å². The molecule has 1 saturated heterocycles. The highest BCUT2D eigenvalue weighted by molar-refractivity contribution is 5.91. The van der Waals surface area contributed by atoms with Gasteiger partial charge in [-0.25, -0.2) is 0 Å². The number of nitrogens with one attached hydrogen (secondary N) is 1. The predicted octanol–water partition coefficient (Wildman–Crippen LogP) is 1.05. The summed E-state index contributed by atoms with van der Waals surface area (Å²) in [5, 5.41) is 13.5. The fourth-order valence-corrected chi connectivity index (χ4v) is 2.38. The van der Waals surface area contributed by atoms with Crippen LogP contribution in [0.2, 0.25) is 0 Å². The first-order valence-corrected chi connectivity index (χ1v) is 6.74. The molecule has 21 heavy (non-hydrogen) atoms. The molecule has 2 amide bonds. The number of nitrogens with zero attached hydrogens (tertiary/aromatic N) is 2. The van der Waals surface area contributed by atoms with Crippen LogP contribution in [0.1, 0.15) is 25.3 Å². The van der Waals surface area contributed by atoms with Gasteiger partial charge in [-0.3, -0.25) is 19.7 Å². The van der Waals surface area contributed by atoms with E-state index >= 15 is 0 Å². The largest absolute Gasteiger partial charge is 0.353 e. The first-order valence-electron chi connectivity index (χ1n) is 6.74. The Morgan fingerprint density at radius 2 is 2.24 bits per heavy atom. The lowest BCUT2D eigenvalue weighted by molar-refractivity contribution is -0.384. The normalized spacial score (nSPS) is 19.8. The van der Waals surface area contributed by atoms with Crippen molar-refractivity contribution < 1.29 is 14.5 Å². The van der Waals surface area contributed by atoms with Gasteiger partial charge in [-0.15, -0.1) is 0 Å². The summed E-state index contributed by atoms with van der Waals surface area (Å²) in [5.74, 6) is -0.906. The maximum Gasteiger partial charge on any atom is 0.269 e. The number of amides is 2. The first-order chi connectivity index (χ1) is 9.91. The van der Waals surface area contributed by atoms with E-state index in [4.69, 9.17) is 0 Å². The highest BCUT2D eigenvalue weighted by atomic mass is 16.6. The number of non-ortho nitro benzene ring substituents is 1. The highest BCUT2D eigenvalue weighted by Gasteiger charge is 2.32. The van der Waals surface area contributed by atoms with Crippen molar-refractivity contribution in [1.82, 2.24) is 10.2 Å². The van der Waals surface area contributed by atoms with E-state index in [0.29, 0.717) is 18.7 Å². The quantitative estimate of drug-likeness (QED) is 0.665. The zero-order valence-corrected chi connectivity index (χ0v) is 11.9. The summed E-state index contributed by atoms with van der Waals surface area (Å²) in [6, 6.07) is 5.51. The minimum atomic E-state index is -0.529. The summed E-state index contributed by atoms with van der Waals surface area (Å²) >= 11 is 0. The number of rotatable bonds is 3. The Hall–Kier alpha value is -2.44. The molecule has 7 heteroatoms. The third-order valence-electron chi connectivity index (χ3n) is 3.73. The third kappa shape index (κ3) is 3.01. The number of nitro benzene ring substituents is 1. The van der Waals surface area contributed by atoms with Crippen LogP contribution < -0.4 is 5.32 Å². The summed E-state index contributed by atoms with van der Waals surface area (Å²) in [4.78, 5) is 36.0. The van der Waals surface area contributed by atoms with Crippen LogP contribution in [-0.4, -0.2) is 40.8 Å². The van der Waals surface area contributed by atoms with Gasteiger partial charge in [-0.05, 0) is 19.4 Å². The van der Waals surface area contributed by atoms with Crippen LogP contribution in [0.5, 0.6) is 0 Å². The second kappa shape index (κ2) is 5.90. The second-order valence-corrected chi connectivity index (χ2v) is 5.07. The summed E-state index contributed by atoms with van der Waals surface area (Å²) < 4.78 is 0. The molecule has 1 aliphatic heterocycles. The number of hydrogen-bond acceptors (Lipinski definition) is 4. The minimum absolute atomic E-state index is 0.0448. The Morgan fingerprint density at radius 1 is 1.52 bits per heavy atom. The second-order valence-electron chi connectivity index (χ2n) is 5.07. The van der Waals surface area contributed by atoms with Crippen LogP contribution in [-0.2, 0) is 9.59 Å². The summed E-state index contributed by atoms with van der Waals surface area (Å²) in [5.41, 5.74) is 0.531. The molecule has 2 unspecified atom stereocenters. The van der Waals surface area contributed by atoms with E-state index in [1.807, 2.05) is 0 Å². The van der Waals surface area contributed by atoms with Crippen LogP contribution in [0.15, 0.2) is 24.3 Å². The molecule has 0 aliphatic carbocycles. The van der Waals surface area contributed by atoms with Gasteiger partial charge in [0.25, 0.3) is 5.69 Å². The molecule has 0 spiro atoms. The first kappa shape index (κ1) is 15.0. The zero-order valence-electron chi connectivity index (χ0n) is 11.9. The molecule has 2 atom stereocenters. The Bertz CT molecular complexity index is 587. The van der Waals surface area contributed by atoms with E-state index in [-0.39, 0.29) is 17.5 Å². The van der Waals surface area contributed by atoms with Gasteiger partial charge >= 0.3 is 0 Å². The minimum Gasteiger partial charge on any atom is -0.353 e. The average Bonchev–Trinajstić information content (AvgIpc) is 2.48. The van der Waals surface area contributed by atoms with E-state index in [1.165, 1.54) is 17.0 Å². The lowest BCUT2D eigenvalue weighted by Crippen LogP contribution is -2.56. The number of piperazine rings is 1. The molecule has 2 rings (SSSR count). The van der Waals surface area contributed by atoms with Crippen LogP contribution in [0, 0.1) is 10.1 Å². The fraction of sp³-hybridized carbons (Fsp3) is 0.429. The molecule has 1 fully saturated rings. The van der Waals surface area contributed by atoms with Gasteiger partial charge in [0.05, 0.1) is 10.8 Å². The van der Waals surface area contributed by atoms with Gasteiger partial charge in [0, 0.05) is 25.2 Å². The van der Waals surface area contributed by atoms with Gasteiger partial charge in [0.2, 0.25) is 11.8 Å². The zero-order chi connectivity index (χ0) is 15.6. The van der Waals surface area contributed by atoms with E-state index in [0.717, 1.165) is 0 Å². The Kier molecular flexibility index (Phi) is 4.21. The molecule has 112 valence electrons. The fourth-order valence-electron chi connectivity index (χ4n) is 2.38. The standard InChI is InChI=1S/C14H17N3O4/c1-9(11-4-3-5-12(8-11)17(20)21)14(19)16-7-6-15-13(18)10(16)2/h3-5,8-10H,6-7H2,1-2H3,(H,15,18). The van der Waals surface area contributed by atoms with Crippen molar-refractivity contribution in [2.45, 2.75) is 25.8 Å². The third-order valence-corrected chi connectivity index (χ3v) is 3.73. The number of carbonyl (C=O) groups excluding carboxylic acids is 2. The van der Waals surface area contributed by atoms with Crippen molar-refractivity contribution in [3.8, 4) is 0 Å². The highest BCUT2D eigenvalue weighted by Crippen LogP contribution is 2.23. The van der Waals surface area contributed by atoms with Crippen molar-refractivity contribution >= 4 is 17.5 Å². The molecular weight excluding hydrogens is 274 g/mol. The van der Waals surface area contributed by atoms with Crippen molar-refractivity contribution in [1.29, 1.82) is 0 Å². The van der Waals surface area contributed by atoms with Crippen LogP contribution in [0.3, 0.4) is 0 Å². The predicted molar refractivity (Wildman–Crippen MR) is 75.7 cm³/mol. The van der Waals surface area contributed by atoms with Gasteiger partial charge in [-0.1, -0.05) is 12.1 Å². The maximum absolute atomic E-state index is 12.5. The Labute approximate surface area is 122 Å². The number of benzene rings is 1. The van der Waals surface area contributed by atoms with Gasteiger partial charge in [-0.2, -0.15) is 0 Å². The van der Waals surface area contributed by atoms with Crippen LogP contribution >= 0.6 is 0 Å². The number of carbonyl (C=O) groups is 2. The number of hydrogen-bond donors (Lipinski definition) is 1. The molecule has 0 bridgehead atoms. The van der Waals surface area contributed by atoms with Gasteiger partial charge in [0.15, 0.2) is 0 Å². The molecule has 1 aliphatic rings. The van der Waals surface area contributed by atoms with E-state index in [1.54, 1.807) is 26.0 Å². The van der Waals surface area contributed by atoms with Crippen molar-refractivity contribution in [3.63, 3.8) is 0 Å². The lowest BCUT2D eigenvalue weighted by atomic mass is 9.98. The van der Waals surface area contributed by atoms with E-state index in [2.05, 4.69) is 5.32 Å². The van der Waals surface area contributed by atoms with E-state index < -0.39 is 16.9 Å². The van der Waals surface area contributed by atoms with E-state index in [9.17, 15) is 19.7 Å². The molecule has 0 radical (unpaired) electrons. The molecule has 1 aromatic carbocycles. The Balaban J connectivity index is 2.21. The SMILES string of the molecule is CC(C(=O)N1CCNC(=O)C1C)c1cccc([N+](=O)[O-])c1. The Morgan fingerprint density at radius 3 is 2.90 bits per heavy atom. The average molecular weight is 291 g/mol. The summed E-state index contributed by atoms with van der Waals surface area (Å²) in [6.07, 6.45) is 0. The molecule has 7 nitrogen and oxygen atoms in total. The summed E-state index contributed by atoms with van der Waals surface area (Å²) in [6.45, 7) is 4.24. The number of nitro groups is 1. The molecule has 1 heterocycles.